The molecule has 0 aromatic carbocycles. The maximum absolute atomic E-state index is 9.98. The molecular formula is C12H25CuNO15. The van der Waals surface area contributed by atoms with Crippen LogP contribution in [0.5, 0.6) is 0 Å². The Morgan fingerprint density at radius 1 is 0.621 bits per heavy atom. The molecule has 0 aliphatic heterocycles. The van der Waals surface area contributed by atoms with Crippen LogP contribution in [0.25, 0.3) is 0 Å². The Kier molecular flexibility index (Phi) is 23.2. The van der Waals surface area contributed by atoms with Gasteiger partial charge in [0.2, 0.25) is 0 Å². The molecule has 1 radical (unpaired) electrons. The Bertz CT molecular complexity index is 392. The zero-order valence-electron chi connectivity index (χ0n) is 14.5. The molecule has 13 N–H and O–H groups in total. The Hall–Kier alpha value is -1.02. The van der Waals surface area contributed by atoms with Crippen LogP contribution >= 0.6 is 0 Å². The van der Waals surface area contributed by atoms with Crippen molar-refractivity contribution in [2.45, 2.75) is 48.8 Å². The van der Waals surface area contributed by atoms with E-state index in [2.05, 4.69) is 5.90 Å². The Labute approximate surface area is 173 Å². The molecule has 8 atom stereocenters. The van der Waals surface area contributed by atoms with Crippen molar-refractivity contribution in [3.63, 3.8) is 0 Å². The first kappa shape index (κ1) is 35.4. The quantitative estimate of drug-likeness (QED) is 0.101. The van der Waals surface area contributed by atoms with E-state index in [1.165, 1.54) is 0 Å². The number of aliphatic hydroxyl groups is 10. The van der Waals surface area contributed by atoms with Crippen molar-refractivity contribution in [3.8, 4) is 0 Å². The standard InChI is InChI=1S/2C6H12O7.Cu.H3NO/c2*7-1-2(8)3(9)4(10)5(11)6(12)13;;1-2/h2*2-5,7-11H,1H2,(H,12,13);;2H,1H2/q;;+2;/p-2. The Morgan fingerprint density at radius 2 is 0.828 bits per heavy atom. The number of hydrogen-bond donors (Lipinski definition) is 12. The van der Waals surface area contributed by atoms with Crippen molar-refractivity contribution in [1.82, 2.24) is 0 Å². The summed E-state index contributed by atoms with van der Waals surface area (Å²) in [5.74, 6) is -0.451. The molecule has 0 heterocycles. The minimum Gasteiger partial charge on any atom is -0.547 e. The molecule has 0 fully saturated rings. The van der Waals surface area contributed by atoms with Gasteiger partial charge >= 0.3 is 17.1 Å². The molecular weight excluding hydrogens is 462 g/mol. The van der Waals surface area contributed by atoms with Gasteiger partial charge in [-0.15, -0.1) is 0 Å². The average Bonchev–Trinajstić information content (AvgIpc) is 2.70. The third-order valence-electron chi connectivity index (χ3n) is 2.99. The number of carboxylic acid groups (broad SMARTS) is 2. The number of carbonyl (C=O) groups is 2. The summed E-state index contributed by atoms with van der Waals surface area (Å²) in [6.45, 7) is -1.73. The molecule has 0 aromatic rings. The van der Waals surface area contributed by atoms with E-state index in [1.807, 2.05) is 0 Å². The monoisotopic (exact) mass is 486 g/mol. The van der Waals surface area contributed by atoms with Crippen LogP contribution in [0.3, 0.4) is 0 Å². The summed E-state index contributed by atoms with van der Waals surface area (Å²) in [6, 6.07) is 0. The maximum Gasteiger partial charge on any atom is 2.00 e. The molecule has 0 saturated carbocycles. The molecule has 0 rings (SSSR count). The van der Waals surface area contributed by atoms with Gasteiger partial charge in [0.15, 0.2) is 0 Å². The predicted octanol–water partition coefficient (Wildman–Crippen LogP) is -10.3. The summed E-state index contributed by atoms with van der Waals surface area (Å²) in [4.78, 5) is 20.0. The van der Waals surface area contributed by atoms with Gasteiger partial charge in [-0.3, -0.25) is 0 Å². The summed E-state index contributed by atoms with van der Waals surface area (Å²) in [6.07, 6.45) is -16.2. The summed E-state index contributed by atoms with van der Waals surface area (Å²) in [5.41, 5.74) is 0. The molecule has 0 aromatic heterocycles. The fourth-order valence-electron chi connectivity index (χ4n) is 1.32. The average molecular weight is 487 g/mol. The summed E-state index contributed by atoms with van der Waals surface area (Å²) in [5, 5.41) is 113. The minimum atomic E-state index is -2.31. The molecule has 8 unspecified atom stereocenters. The van der Waals surface area contributed by atoms with Gasteiger partial charge < -0.3 is 76.1 Å². The summed E-state index contributed by atoms with van der Waals surface area (Å²) >= 11 is 0. The van der Waals surface area contributed by atoms with Gasteiger partial charge in [-0.05, 0) is 0 Å². The minimum absolute atomic E-state index is 0. The molecule has 0 bridgehead atoms. The maximum atomic E-state index is 9.98. The van der Waals surface area contributed by atoms with Crippen molar-refractivity contribution >= 4 is 11.9 Å². The van der Waals surface area contributed by atoms with Gasteiger partial charge in [0.25, 0.3) is 0 Å². The third-order valence-corrected chi connectivity index (χ3v) is 2.99. The van der Waals surface area contributed by atoms with E-state index < -0.39 is 74.0 Å². The molecule has 17 heteroatoms. The van der Waals surface area contributed by atoms with Crippen LogP contribution < -0.4 is 16.1 Å². The molecule has 0 spiro atoms. The van der Waals surface area contributed by atoms with Gasteiger partial charge in [-0.2, -0.15) is 0 Å². The zero-order chi connectivity index (χ0) is 23.2. The van der Waals surface area contributed by atoms with E-state index in [0.29, 0.717) is 0 Å². The van der Waals surface area contributed by atoms with Crippen LogP contribution in [0, 0.1) is 0 Å². The zero-order valence-corrected chi connectivity index (χ0v) is 15.4. The van der Waals surface area contributed by atoms with Crippen LogP contribution in [0.2, 0.25) is 0 Å². The summed E-state index contributed by atoms with van der Waals surface area (Å²) in [7, 11) is 0. The first-order valence-electron chi connectivity index (χ1n) is 7.17. The predicted molar refractivity (Wildman–Crippen MR) is 78.2 cm³/mol. The second-order valence-corrected chi connectivity index (χ2v) is 4.99. The van der Waals surface area contributed by atoms with E-state index in [-0.39, 0.29) is 17.1 Å². The van der Waals surface area contributed by atoms with Crippen molar-refractivity contribution < 1.29 is 93.1 Å². The number of aliphatic hydroxyl groups excluding tert-OH is 10. The van der Waals surface area contributed by atoms with Crippen LogP contribution in [0.15, 0.2) is 0 Å². The van der Waals surface area contributed by atoms with Crippen molar-refractivity contribution in [1.29, 1.82) is 0 Å². The first-order chi connectivity index (χ1) is 12.8. The van der Waals surface area contributed by atoms with E-state index in [4.69, 9.17) is 56.3 Å². The van der Waals surface area contributed by atoms with E-state index in [1.54, 1.807) is 0 Å². The van der Waals surface area contributed by atoms with Crippen LogP contribution in [0.1, 0.15) is 0 Å². The second kappa shape index (κ2) is 19.0. The Balaban J connectivity index is -0.000000192. The fraction of sp³-hybridized carbons (Fsp3) is 0.833. The topological polar surface area (TPSA) is 329 Å². The number of nitrogens with two attached hydrogens (primary N) is 1. The summed E-state index contributed by atoms with van der Waals surface area (Å²) < 4.78 is 0. The normalized spacial score (nSPS) is 18.5. The third kappa shape index (κ3) is 13.8. The first-order valence-corrected chi connectivity index (χ1v) is 7.17. The SMILES string of the molecule is NO.O=C([O-])C(O)C(O)C(O)C(O)CO.O=C([O-])C(O)C(O)C(O)C(O)CO.[Cu+2]. The van der Waals surface area contributed by atoms with Crippen molar-refractivity contribution in [2.75, 3.05) is 13.2 Å². The van der Waals surface area contributed by atoms with E-state index >= 15 is 0 Å². The number of hydrogen-bond acceptors (Lipinski definition) is 16. The second-order valence-electron chi connectivity index (χ2n) is 4.99. The molecule has 179 valence electrons. The van der Waals surface area contributed by atoms with Gasteiger partial charge in [0, 0.05) is 0 Å². The van der Waals surface area contributed by atoms with Crippen LogP contribution in [0.4, 0.5) is 0 Å². The van der Waals surface area contributed by atoms with Gasteiger partial charge in [-0.1, -0.05) is 0 Å². The fourth-order valence-corrected chi connectivity index (χ4v) is 1.32. The largest absolute Gasteiger partial charge is 2.00 e. The van der Waals surface area contributed by atoms with E-state index in [9.17, 15) is 19.8 Å². The van der Waals surface area contributed by atoms with Crippen LogP contribution in [-0.2, 0) is 26.7 Å². The van der Waals surface area contributed by atoms with Gasteiger partial charge in [-0.25, -0.2) is 5.90 Å². The molecule has 0 aliphatic rings. The number of aliphatic carboxylic acids is 2. The number of rotatable bonds is 10. The van der Waals surface area contributed by atoms with Gasteiger partial charge in [0.1, 0.15) is 48.8 Å². The molecule has 0 saturated heterocycles. The number of carboxylic acids is 2. The molecule has 0 aliphatic carbocycles. The van der Waals surface area contributed by atoms with Crippen molar-refractivity contribution in [2.24, 2.45) is 5.90 Å². The number of carbonyl (C=O) groups excluding carboxylic acids is 2. The molecule has 0 amide bonds. The molecule has 16 nitrogen and oxygen atoms in total. The van der Waals surface area contributed by atoms with Gasteiger partial charge in [0.05, 0.1) is 25.2 Å². The Morgan fingerprint density at radius 3 is 0.966 bits per heavy atom. The molecule has 29 heavy (non-hydrogen) atoms. The van der Waals surface area contributed by atoms with Crippen molar-refractivity contribution in [3.05, 3.63) is 0 Å². The van der Waals surface area contributed by atoms with E-state index in [0.717, 1.165) is 0 Å². The smallest absolute Gasteiger partial charge is 0.547 e. The van der Waals surface area contributed by atoms with Crippen LogP contribution in [-0.4, -0.2) is 130 Å².